The Morgan fingerprint density at radius 1 is 1.24 bits per heavy atom. The van der Waals surface area contributed by atoms with Crippen LogP contribution >= 0.6 is 0 Å². The van der Waals surface area contributed by atoms with E-state index in [1.54, 1.807) is 4.52 Å². The van der Waals surface area contributed by atoms with Crippen LogP contribution < -0.4 is 0 Å². The van der Waals surface area contributed by atoms with Crippen LogP contribution in [0.2, 0.25) is 0 Å². The fourth-order valence-electron chi connectivity index (χ4n) is 4.59. The molecule has 0 bridgehead atoms. The summed E-state index contributed by atoms with van der Waals surface area (Å²) in [6, 6.07) is 8.94. The van der Waals surface area contributed by atoms with E-state index in [9.17, 15) is 4.79 Å². The van der Waals surface area contributed by atoms with Crippen molar-refractivity contribution >= 4 is 11.7 Å². The molecule has 1 atom stereocenters. The summed E-state index contributed by atoms with van der Waals surface area (Å²) in [5.74, 6) is 0.859. The molecule has 2 heterocycles. The summed E-state index contributed by atoms with van der Waals surface area (Å²) in [6.07, 6.45) is 6.76. The Hall–Kier alpha value is -2.76. The second kappa shape index (κ2) is 8.31. The molecule has 1 aliphatic carbocycles. The van der Waals surface area contributed by atoms with Crippen molar-refractivity contribution in [2.24, 2.45) is 0 Å². The van der Waals surface area contributed by atoms with Crippen LogP contribution in [0.25, 0.3) is 5.78 Å². The highest BCUT2D eigenvalue weighted by molar-refractivity contribution is 5.77. The Balaban J connectivity index is 1.49. The summed E-state index contributed by atoms with van der Waals surface area (Å²) < 4.78 is 1.76. The lowest BCUT2D eigenvalue weighted by atomic mass is 9.87. The third kappa shape index (κ3) is 3.88. The zero-order valence-electron chi connectivity index (χ0n) is 17.6. The molecule has 0 saturated carbocycles. The van der Waals surface area contributed by atoms with Crippen LogP contribution in [0.5, 0.6) is 0 Å². The van der Waals surface area contributed by atoms with Gasteiger partial charge >= 0.3 is 0 Å². The predicted octanol–water partition coefficient (Wildman–Crippen LogP) is 3.47. The van der Waals surface area contributed by atoms with Gasteiger partial charge in [0.1, 0.15) is 6.33 Å². The number of nitrogens with zero attached hydrogens (tertiary/aromatic N) is 5. The second-order valence-electron chi connectivity index (χ2n) is 7.99. The number of fused-ring (bicyclic) bond motifs is 2. The maximum absolute atomic E-state index is 13.2. The molecular formula is C23H29N5O. The minimum absolute atomic E-state index is 0.244. The predicted molar refractivity (Wildman–Crippen MR) is 113 cm³/mol. The Bertz CT molecular complexity index is 1030. The van der Waals surface area contributed by atoms with Gasteiger partial charge in [-0.1, -0.05) is 31.2 Å². The van der Waals surface area contributed by atoms with Crippen molar-refractivity contribution in [3.05, 3.63) is 58.7 Å². The van der Waals surface area contributed by atoms with Gasteiger partial charge in [0.15, 0.2) is 0 Å². The van der Waals surface area contributed by atoms with Gasteiger partial charge in [-0.15, -0.1) is 0 Å². The summed E-state index contributed by atoms with van der Waals surface area (Å²) in [5.41, 5.74) is 5.88. The van der Waals surface area contributed by atoms with Gasteiger partial charge in [0.05, 0.1) is 0 Å². The summed E-state index contributed by atoms with van der Waals surface area (Å²) in [7, 11) is 0. The van der Waals surface area contributed by atoms with Gasteiger partial charge in [-0.05, 0) is 62.6 Å². The monoisotopic (exact) mass is 391 g/mol. The standard InChI is InChI=1S/C23H29N5O/c1-4-13-27(20-10-9-18-7-5-6-8-19(18)14-20)22(29)12-11-21-16(2)26-23-24-15-25-28(23)17(21)3/h5-8,15,20H,4,9-14H2,1-3H3. The topological polar surface area (TPSA) is 63.4 Å². The molecule has 2 aromatic heterocycles. The molecule has 3 aromatic rings. The van der Waals surface area contributed by atoms with E-state index >= 15 is 0 Å². The zero-order chi connectivity index (χ0) is 20.4. The third-order valence-corrected chi connectivity index (χ3v) is 6.12. The molecule has 0 saturated heterocycles. The Morgan fingerprint density at radius 3 is 2.83 bits per heavy atom. The Labute approximate surface area is 172 Å². The summed E-state index contributed by atoms with van der Waals surface area (Å²) in [4.78, 5) is 24.1. The normalized spacial score (nSPS) is 16.0. The molecule has 1 aromatic carbocycles. The van der Waals surface area contributed by atoms with E-state index in [4.69, 9.17) is 0 Å². The van der Waals surface area contributed by atoms with E-state index in [2.05, 4.69) is 51.2 Å². The molecule has 152 valence electrons. The van der Waals surface area contributed by atoms with Crippen LogP contribution in [0.1, 0.15) is 54.3 Å². The third-order valence-electron chi connectivity index (χ3n) is 6.12. The molecule has 0 N–H and O–H groups in total. The summed E-state index contributed by atoms with van der Waals surface area (Å²) in [6.45, 7) is 6.99. The summed E-state index contributed by atoms with van der Waals surface area (Å²) >= 11 is 0. The van der Waals surface area contributed by atoms with Gasteiger partial charge in [-0.3, -0.25) is 4.79 Å². The summed E-state index contributed by atoms with van der Waals surface area (Å²) in [5, 5.41) is 4.25. The Morgan fingerprint density at radius 2 is 2.03 bits per heavy atom. The second-order valence-corrected chi connectivity index (χ2v) is 7.99. The van der Waals surface area contributed by atoms with Gasteiger partial charge < -0.3 is 4.90 Å². The maximum atomic E-state index is 13.2. The molecule has 1 aliphatic rings. The largest absolute Gasteiger partial charge is 0.339 e. The SMILES string of the molecule is CCCN(C(=O)CCc1c(C)nc2ncnn2c1C)C1CCc2ccccc2C1. The lowest BCUT2D eigenvalue weighted by molar-refractivity contribution is -0.133. The average molecular weight is 392 g/mol. The Kier molecular flexibility index (Phi) is 5.60. The van der Waals surface area contributed by atoms with Crippen LogP contribution in [0.4, 0.5) is 0 Å². The molecule has 6 nitrogen and oxygen atoms in total. The number of hydrogen-bond acceptors (Lipinski definition) is 4. The van der Waals surface area contributed by atoms with Gasteiger partial charge in [0.25, 0.3) is 5.78 Å². The van der Waals surface area contributed by atoms with E-state index < -0.39 is 0 Å². The van der Waals surface area contributed by atoms with E-state index in [1.807, 2.05) is 13.8 Å². The first-order valence-corrected chi connectivity index (χ1v) is 10.6. The highest BCUT2D eigenvalue weighted by Crippen LogP contribution is 2.25. The highest BCUT2D eigenvalue weighted by atomic mass is 16.2. The van der Waals surface area contributed by atoms with Gasteiger partial charge in [-0.25, -0.2) is 9.50 Å². The van der Waals surface area contributed by atoms with E-state index in [0.717, 1.165) is 49.2 Å². The number of carbonyl (C=O) groups is 1. The van der Waals surface area contributed by atoms with Crippen LogP contribution in [0.3, 0.4) is 0 Å². The minimum Gasteiger partial charge on any atom is -0.339 e. The molecule has 29 heavy (non-hydrogen) atoms. The number of amides is 1. The van der Waals surface area contributed by atoms with Crippen LogP contribution in [-0.2, 0) is 24.1 Å². The molecule has 1 unspecified atom stereocenters. The molecule has 1 amide bonds. The van der Waals surface area contributed by atoms with Crippen molar-refractivity contribution in [2.75, 3.05) is 6.54 Å². The number of carbonyl (C=O) groups excluding carboxylic acids is 1. The maximum Gasteiger partial charge on any atom is 0.252 e. The van der Waals surface area contributed by atoms with Crippen LogP contribution in [-0.4, -0.2) is 43.0 Å². The van der Waals surface area contributed by atoms with Gasteiger partial charge in [-0.2, -0.15) is 10.1 Å². The quantitative estimate of drug-likeness (QED) is 0.645. The number of aromatic nitrogens is 4. The number of hydrogen-bond donors (Lipinski definition) is 0. The molecule has 6 heteroatoms. The molecule has 0 aliphatic heterocycles. The molecular weight excluding hydrogens is 362 g/mol. The first kappa shape index (κ1) is 19.6. The first-order chi connectivity index (χ1) is 14.1. The number of benzene rings is 1. The van der Waals surface area contributed by atoms with Crippen molar-refractivity contribution < 1.29 is 4.79 Å². The minimum atomic E-state index is 0.244. The van der Waals surface area contributed by atoms with Crippen molar-refractivity contribution in [1.29, 1.82) is 0 Å². The van der Waals surface area contributed by atoms with Gasteiger partial charge in [0, 0.05) is 30.4 Å². The molecule has 0 radical (unpaired) electrons. The van der Waals surface area contributed by atoms with Crippen molar-refractivity contribution in [2.45, 2.75) is 65.3 Å². The molecule has 4 rings (SSSR count). The van der Waals surface area contributed by atoms with Crippen molar-refractivity contribution in [1.82, 2.24) is 24.5 Å². The fraction of sp³-hybridized carbons (Fsp3) is 0.478. The highest BCUT2D eigenvalue weighted by Gasteiger charge is 2.27. The van der Waals surface area contributed by atoms with Gasteiger partial charge in [0.2, 0.25) is 5.91 Å². The lowest BCUT2D eigenvalue weighted by Crippen LogP contribution is -2.44. The number of aryl methyl sites for hydroxylation is 3. The van der Waals surface area contributed by atoms with Crippen molar-refractivity contribution in [3.8, 4) is 0 Å². The smallest absolute Gasteiger partial charge is 0.252 e. The molecule has 0 fully saturated rings. The molecule has 0 spiro atoms. The number of rotatable bonds is 6. The fourth-order valence-corrected chi connectivity index (χ4v) is 4.59. The average Bonchev–Trinajstić information content (AvgIpc) is 3.20. The van der Waals surface area contributed by atoms with Crippen LogP contribution in [0.15, 0.2) is 30.6 Å². The van der Waals surface area contributed by atoms with Crippen molar-refractivity contribution in [3.63, 3.8) is 0 Å². The van der Waals surface area contributed by atoms with E-state index in [0.29, 0.717) is 24.7 Å². The first-order valence-electron chi connectivity index (χ1n) is 10.6. The van der Waals surface area contributed by atoms with E-state index in [1.165, 1.54) is 17.5 Å². The lowest BCUT2D eigenvalue weighted by Gasteiger charge is -2.35. The zero-order valence-corrected chi connectivity index (χ0v) is 17.6. The van der Waals surface area contributed by atoms with E-state index in [-0.39, 0.29) is 5.91 Å². The van der Waals surface area contributed by atoms with Crippen LogP contribution in [0, 0.1) is 13.8 Å².